The number of aliphatic carboxylic acids is 1. The lowest BCUT2D eigenvalue weighted by Crippen LogP contribution is -2.41. The van der Waals surface area contributed by atoms with Gasteiger partial charge in [-0.3, -0.25) is 14.4 Å². The molecule has 19 heavy (non-hydrogen) atoms. The Morgan fingerprint density at radius 2 is 1.89 bits per heavy atom. The summed E-state index contributed by atoms with van der Waals surface area (Å²) in [6.07, 6.45) is 0. The highest BCUT2D eigenvalue weighted by atomic mass is 127. The van der Waals surface area contributed by atoms with E-state index in [-0.39, 0.29) is 11.3 Å². The van der Waals surface area contributed by atoms with Gasteiger partial charge >= 0.3 is 5.97 Å². The van der Waals surface area contributed by atoms with Gasteiger partial charge in [0.2, 0.25) is 5.91 Å². The fourth-order valence-corrected chi connectivity index (χ4v) is 1.89. The Morgan fingerprint density at radius 3 is 2.42 bits per heavy atom. The van der Waals surface area contributed by atoms with Crippen LogP contribution in [0.2, 0.25) is 0 Å². The standard InChI is InChI=1S/C11H11IN2O5/c12-6-1-2-8(15)7(3-6)11(19)14(4-9(13)16)5-10(17)18/h1-3,15H,4-5H2,(H2,13,16)(H,17,18). The molecule has 0 aliphatic heterocycles. The molecule has 7 nitrogen and oxygen atoms in total. The highest BCUT2D eigenvalue weighted by Gasteiger charge is 2.22. The van der Waals surface area contributed by atoms with Crippen LogP contribution >= 0.6 is 22.6 Å². The molecule has 4 N–H and O–H groups in total. The second-order valence-corrected chi connectivity index (χ2v) is 4.93. The van der Waals surface area contributed by atoms with Crippen molar-refractivity contribution in [2.45, 2.75) is 0 Å². The van der Waals surface area contributed by atoms with E-state index in [9.17, 15) is 19.5 Å². The van der Waals surface area contributed by atoms with Crippen LogP contribution in [-0.2, 0) is 9.59 Å². The number of phenols is 1. The maximum Gasteiger partial charge on any atom is 0.323 e. The van der Waals surface area contributed by atoms with E-state index in [0.717, 1.165) is 4.90 Å². The molecule has 0 aliphatic carbocycles. The Hall–Kier alpha value is -1.84. The zero-order valence-corrected chi connectivity index (χ0v) is 11.8. The number of phenolic OH excluding ortho intramolecular Hbond substituents is 1. The average molecular weight is 378 g/mol. The van der Waals surface area contributed by atoms with Crippen LogP contribution in [0.25, 0.3) is 0 Å². The van der Waals surface area contributed by atoms with Gasteiger partial charge in [0.1, 0.15) is 18.8 Å². The van der Waals surface area contributed by atoms with Gasteiger partial charge in [0.05, 0.1) is 5.56 Å². The number of hydrogen-bond acceptors (Lipinski definition) is 4. The van der Waals surface area contributed by atoms with Crippen LogP contribution in [0.4, 0.5) is 0 Å². The van der Waals surface area contributed by atoms with Crippen molar-refractivity contribution in [3.05, 3.63) is 27.3 Å². The van der Waals surface area contributed by atoms with Crippen molar-refractivity contribution in [1.82, 2.24) is 4.90 Å². The van der Waals surface area contributed by atoms with E-state index in [4.69, 9.17) is 10.8 Å². The highest BCUT2D eigenvalue weighted by molar-refractivity contribution is 14.1. The fraction of sp³-hybridized carbons (Fsp3) is 0.182. The SMILES string of the molecule is NC(=O)CN(CC(=O)O)C(=O)c1cc(I)ccc1O. The number of hydrogen-bond donors (Lipinski definition) is 3. The van der Waals surface area contributed by atoms with Crippen molar-refractivity contribution in [3.63, 3.8) is 0 Å². The molecule has 1 aromatic carbocycles. The molecule has 0 bridgehead atoms. The van der Waals surface area contributed by atoms with Gasteiger partial charge in [-0.2, -0.15) is 0 Å². The van der Waals surface area contributed by atoms with Crippen molar-refractivity contribution in [3.8, 4) is 5.75 Å². The van der Waals surface area contributed by atoms with E-state index in [0.29, 0.717) is 3.57 Å². The van der Waals surface area contributed by atoms with Crippen LogP contribution in [0.1, 0.15) is 10.4 Å². The van der Waals surface area contributed by atoms with E-state index in [2.05, 4.69) is 0 Å². The van der Waals surface area contributed by atoms with Gasteiger partial charge in [-0.1, -0.05) is 0 Å². The first-order valence-corrected chi connectivity index (χ1v) is 6.17. The molecule has 0 unspecified atom stereocenters. The van der Waals surface area contributed by atoms with Crippen LogP contribution in [0.3, 0.4) is 0 Å². The first-order valence-electron chi connectivity index (χ1n) is 5.09. The lowest BCUT2D eigenvalue weighted by Gasteiger charge is -2.19. The molecule has 0 spiro atoms. The lowest BCUT2D eigenvalue weighted by molar-refractivity contribution is -0.138. The molecule has 0 radical (unpaired) electrons. The maximum absolute atomic E-state index is 12.1. The third kappa shape index (κ3) is 4.39. The minimum Gasteiger partial charge on any atom is -0.507 e. The van der Waals surface area contributed by atoms with Crippen LogP contribution in [0, 0.1) is 3.57 Å². The molecule has 102 valence electrons. The Morgan fingerprint density at radius 1 is 1.26 bits per heavy atom. The average Bonchev–Trinajstić information content (AvgIpc) is 2.29. The fourth-order valence-electron chi connectivity index (χ4n) is 1.40. The van der Waals surface area contributed by atoms with Crippen molar-refractivity contribution in [2.75, 3.05) is 13.1 Å². The minimum absolute atomic E-state index is 0.0746. The summed E-state index contributed by atoms with van der Waals surface area (Å²) in [5.41, 5.74) is 4.89. The van der Waals surface area contributed by atoms with Crippen LogP contribution in [0.15, 0.2) is 18.2 Å². The normalized spacial score (nSPS) is 9.95. The van der Waals surface area contributed by atoms with Gasteiger partial charge in [-0.05, 0) is 40.8 Å². The smallest absolute Gasteiger partial charge is 0.323 e. The number of nitrogens with two attached hydrogens (primary N) is 1. The molecular formula is C11H11IN2O5. The summed E-state index contributed by atoms with van der Waals surface area (Å²) in [6.45, 7) is -1.21. The number of carbonyl (C=O) groups excluding carboxylic acids is 2. The Bertz CT molecular complexity index is 516. The lowest BCUT2D eigenvalue weighted by atomic mass is 10.1. The molecule has 1 rings (SSSR count). The number of benzene rings is 1. The number of nitrogens with zero attached hydrogens (tertiary/aromatic N) is 1. The number of primary amides is 1. The largest absolute Gasteiger partial charge is 0.507 e. The Balaban J connectivity index is 3.07. The second-order valence-electron chi connectivity index (χ2n) is 3.68. The number of carboxylic acid groups (broad SMARTS) is 1. The summed E-state index contributed by atoms with van der Waals surface area (Å²) in [6, 6.07) is 4.30. The second kappa shape index (κ2) is 6.36. The van der Waals surface area contributed by atoms with Crippen molar-refractivity contribution >= 4 is 40.4 Å². The van der Waals surface area contributed by atoms with E-state index in [1.807, 2.05) is 22.6 Å². The molecule has 1 aromatic rings. The molecule has 8 heteroatoms. The molecular weight excluding hydrogens is 367 g/mol. The Kier molecular flexibility index (Phi) is 5.10. The summed E-state index contributed by atoms with van der Waals surface area (Å²) < 4.78 is 0.688. The number of halogens is 1. The van der Waals surface area contributed by atoms with E-state index in [1.54, 1.807) is 6.07 Å². The number of carbonyl (C=O) groups is 3. The quantitative estimate of drug-likeness (QED) is 0.624. The zero-order chi connectivity index (χ0) is 14.6. The van der Waals surface area contributed by atoms with Crippen LogP contribution < -0.4 is 5.73 Å². The highest BCUT2D eigenvalue weighted by Crippen LogP contribution is 2.21. The van der Waals surface area contributed by atoms with Gasteiger partial charge in [0, 0.05) is 3.57 Å². The molecule has 0 aliphatic rings. The third-order valence-electron chi connectivity index (χ3n) is 2.15. The first kappa shape index (κ1) is 15.2. The predicted molar refractivity (Wildman–Crippen MR) is 73.6 cm³/mol. The summed E-state index contributed by atoms with van der Waals surface area (Å²) in [5, 5.41) is 18.3. The number of aromatic hydroxyl groups is 1. The molecule has 0 saturated heterocycles. The topological polar surface area (TPSA) is 121 Å². The summed E-state index contributed by atoms with van der Waals surface area (Å²) in [4.78, 5) is 34.4. The van der Waals surface area contributed by atoms with Crippen molar-refractivity contribution in [2.24, 2.45) is 5.73 Å². The van der Waals surface area contributed by atoms with Crippen molar-refractivity contribution < 1.29 is 24.6 Å². The zero-order valence-electron chi connectivity index (χ0n) is 9.67. The minimum atomic E-state index is -1.28. The van der Waals surface area contributed by atoms with E-state index < -0.39 is 30.9 Å². The Labute approximate surface area is 122 Å². The summed E-state index contributed by atoms with van der Waals surface area (Å²) in [7, 11) is 0. The number of carboxylic acids is 1. The summed E-state index contributed by atoms with van der Waals surface area (Å²) >= 11 is 1.94. The van der Waals surface area contributed by atoms with E-state index >= 15 is 0 Å². The molecule has 0 aromatic heterocycles. The van der Waals surface area contributed by atoms with Crippen LogP contribution in [0.5, 0.6) is 5.75 Å². The molecule has 0 heterocycles. The molecule has 2 amide bonds. The van der Waals surface area contributed by atoms with Crippen LogP contribution in [-0.4, -0.2) is 46.0 Å². The predicted octanol–water partition coefficient (Wildman–Crippen LogP) is 0.00890. The third-order valence-corrected chi connectivity index (χ3v) is 2.82. The molecule has 0 atom stereocenters. The van der Waals surface area contributed by atoms with Crippen molar-refractivity contribution in [1.29, 1.82) is 0 Å². The monoisotopic (exact) mass is 378 g/mol. The van der Waals surface area contributed by atoms with Gasteiger partial charge < -0.3 is 20.8 Å². The summed E-state index contributed by atoms with van der Waals surface area (Å²) in [5.74, 6) is -3.16. The van der Waals surface area contributed by atoms with Gasteiger partial charge in [0.15, 0.2) is 0 Å². The molecule has 0 saturated carbocycles. The first-order chi connectivity index (χ1) is 8.81. The van der Waals surface area contributed by atoms with E-state index in [1.165, 1.54) is 12.1 Å². The van der Waals surface area contributed by atoms with Gasteiger partial charge in [-0.25, -0.2) is 0 Å². The maximum atomic E-state index is 12.1. The van der Waals surface area contributed by atoms with Gasteiger partial charge in [-0.15, -0.1) is 0 Å². The molecule has 0 fully saturated rings. The van der Waals surface area contributed by atoms with Gasteiger partial charge in [0.25, 0.3) is 5.91 Å². The number of rotatable bonds is 5. The number of amides is 2.